The number of aliphatic imine (C=N–C) groups is 1. The number of methoxy groups -OCH3 is 1. The lowest BCUT2D eigenvalue weighted by Crippen LogP contribution is -2.23. The molecule has 0 saturated heterocycles. The van der Waals surface area contributed by atoms with Gasteiger partial charge in [0.25, 0.3) is 0 Å². The summed E-state index contributed by atoms with van der Waals surface area (Å²) < 4.78 is 5.59. The molecule has 2 heterocycles. The Hall–Kier alpha value is -3.68. The van der Waals surface area contributed by atoms with Crippen molar-refractivity contribution in [1.82, 2.24) is 15.0 Å². The molecule has 0 radical (unpaired) electrons. The van der Waals surface area contributed by atoms with Gasteiger partial charge >= 0.3 is 0 Å². The molecule has 0 atom stereocenters. The number of allylic oxidation sites excluding steroid dienone is 1. The van der Waals surface area contributed by atoms with Crippen molar-refractivity contribution < 1.29 is 4.74 Å². The fraction of sp³-hybridized carbons (Fsp3) is 0.333. The summed E-state index contributed by atoms with van der Waals surface area (Å²) in [5.41, 5.74) is 9.01. The molecule has 3 aromatic rings. The van der Waals surface area contributed by atoms with Crippen LogP contribution in [0.2, 0.25) is 0 Å². The summed E-state index contributed by atoms with van der Waals surface area (Å²) in [5, 5.41) is 7.81. The Morgan fingerprint density at radius 1 is 1.19 bits per heavy atom. The second-order valence-electron chi connectivity index (χ2n) is 7.82. The number of aromatic nitrogens is 3. The Morgan fingerprint density at radius 2 is 2.03 bits per heavy atom. The number of nitrogens with one attached hydrogen (secondary N) is 2. The zero-order valence-corrected chi connectivity index (χ0v) is 18.5. The van der Waals surface area contributed by atoms with Gasteiger partial charge in [-0.25, -0.2) is 15.0 Å². The van der Waals surface area contributed by atoms with Gasteiger partial charge in [-0.05, 0) is 36.6 Å². The highest BCUT2D eigenvalue weighted by Crippen LogP contribution is 2.31. The van der Waals surface area contributed by atoms with Crippen LogP contribution in [0.3, 0.4) is 0 Å². The minimum absolute atomic E-state index is 0.442. The molecule has 1 aromatic carbocycles. The van der Waals surface area contributed by atoms with Gasteiger partial charge in [-0.2, -0.15) is 0 Å². The molecule has 1 aliphatic carbocycles. The van der Waals surface area contributed by atoms with Crippen LogP contribution in [0, 0.1) is 0 Å². The van der Waals surface area contributed by atoms with Crippen LogP contribution in [0.4, 0.5) is 17.5 Å². The number of nitrogens with two attached hydrogens (primary N) is 1. The first kappa shape index (κ1) is 21.5. The van der Waals surface area contributed by atoms with Crippen molar-refractivity contribution in [1.29, 1.82) is 0 Å². The lowest BCUT2D eigenvalue weighted by atomic mass is 9.95. The fourth-order valence-electron chi connectivity index (χ4n) is 4.01. The number of fused-ring (bicyclic) bond motifs is 1. The van der Waals surface area contributed by atoms with E-state index in [9.17, 15) is 0 Å². The van der Waals surface area contributed by atoms with Gasteiger partial charge in [-0.1, -0.05) is 25.3 Å². The molecule has 166 valence electrons. The van der Waals surface area contributed by atoms with Gasteiger partial charge in [0.15, 0.2) is 5.82 Å². The molecule has 32 heavy (non-hydrogen) atoms. The minimum Gasteiger partial charge on any atom is -0.495 e. The van der Waals surface area contributed by atoms with Crippen LogP contribution in [-0.2, 0) is 0 Å². The van der Waals surface area contributed by atoms with Crippen LogP contribution in [0.1, 0.15) is 37.7 Å². The van der Waals surface area contributed by atoms with E-state index in [0.29, 0.717) is 17.7 Å². The molecule has 1 saturated carbocycles. The molecular weight excluding hydrogens is 402 g/mol. The van der Waals surface area contributed by atoms with E-state index < -0.39 is 0 Å². The summed E-state index contributed by atoms with van der Waals surface area (Å²) in [4.78, 5) is 17.8. The Bertz CT molecular complexity index is 1140. The van der Waals surface area contributed by atoms with Crippen molar-refractivity contribution in [3.63, 3.8) is 0 Å². The number of benzene rings is 1. The predicted molar refractivity (Wildman–Crippen MR) is 131 cm³/mol. The lowest BCUT2D eigenvalue weighted by Gasteiger charge is -2.23. The summed E-state index contributed by atoms with van der Waals surface area (Å²) >= 11 is 0. The summed E-state index contributed by atoms with van der Waals surface area (Å²) in [6.45, 7) is 0. The topological polar surface area (TPSA) is 110 Å². The Morgan fingerprint density at radius 3 is 2.78 bits per heavy atom. The molecule has 8 nitrogen and oxygen atoms in total. The third-order valence-corrected chi connectivity index (χ3v) is 5.67. The summed E-state index contributed by atoms with van der Waals surface area (Å²) in [6.07, 6.45) is 13.0. The summed E-state index contributed by atoms with van der Waals surface area (Å²) in [7, 11) is 3.33. The number of rotatable bonds is 7. The van der Waals surface area contributed by atoms with Crippen LogP contribution in [-0.4, -0.2) is 41.4 Å². The molecule has 1 aliphatic rings. The van der Waals surface area contributed by atoms with Crippen molar-refractivity contribution in [2.24, 2.45) is 10.7 Å². The first-order valence-corrected chi connectivity index (χ1v) is 10.9. The van der Waals surface area contributed by atoms with E-state index in [1.807, 2.05) is 30.5 Å². The van der Waals surface area contributed by atoms with Gasteiger partial charge in [0.1, 0.15) is 11.3 Å². The van der Waals surface area contributed by atoms with E-state index in [1.54, 1.807) is 26.6 Å². The highest BCUT2D eigenvalue weighted by Gasteiger charge is 2.16. The number of hydrogen-bond acceptors (Lipinski definition) is 8. The van der Waals surface area contributed by atoms with E-state index in [0.717, 1.165) is 33.5 Å². The highest BCUT2D eigenvalue weighted by molar-refractivity contribution is 6.09. The Labute approximate surface area is 188 Å². The maximum Gasteiger partial charge on any atom is 0.227 e. The van der Waals surface area contributed by atoms with E-state index in [1.165, 1.54) is 38.3 Å². The number of nitrogens with zero attached hydrogens (tertiary/aromatic N) is 4. The molecule has 4 N–H and O–H groups in total. The van der Waals surface area contributed by atoms with Crippen LogP contribution < -0.4 is 21.1 Å². The highest BCUT2D eigenvalue weighted by atomic mass is 16.5. The molecule has 2 aromatic heterocycles. The largest absolute Gasteiger partial charge is 0.495 e. The molecule has 0 spiro atoms. The molecule has 8 heteroatoms. The molecular formula is C24H29N7O. The maximum absolute atomic E-state index is 5.74. The Balaban J connectivity index is 1.62. The van der Waals surface area contributed by atoms with Crippen molar-refractivity contribution in [3.8, 4) is 5.75 Å². The van der Waals surface area contributed by atoms with Crippen LogP contribution in [0.5, 0.6) is 5.75 Å². The summed E-state index contributed by atoms with van der Waals surface area (Å²) in [5.74, 6) is 1.94. The smallest absolute Gasteiger partial charge is 0.227 e. The third kappa shape index (κ3) is 4.80. The molecule has 0 amide bonds. The second kappa shape index (κ2) is 10.1. The maximum atomic E-state index is 5.74. The monoisotopic (exact) mass is 431 g/mol. The third-order valence-electron chi connectivity index (χ3n) is 5.67. The lowest BCUT2D eigenvalue weighted by molar-refractivity contribution is 0.416. The standard InChI is InChI=1S/C24H29N7O/c1-26-14-18(13-25)16-8-9-20(21(12-16)32-2)30-24-28-15-17-10-11-27-23(22(17)31-24)29-19-6-4-3-5-7-19/h8-15,19H,3-7,25H2,1-2H3,(H,27,29)(H,28,30,31). The molecule has 0 aliphatic heterocycles. The van der Waals surface area contributed by atoms with Crippen molar-refractivity contribution in [2.75, 3.05) is 24.8 Å². The van der Waals surface area contributed by atoms with Crippen LogP contribution in [0.15, 0.2) is 47.9 Å². The van der Waals surface area contributed by atoms with Gasteiger partial charge in [-0.15, -0.1) is 0 Å². The normalized spacial score (nSPS) is 15.2. The molecule has 0 unspecified atom stereocenters. The average Bonchev–Trinajstić information content (AvgIpc) is 2.84. The second-order valence-corrected chi connectivity index (χ2v) is 7.82. The minimum atomic E-state index is 0.442. The first-order chi connectivity index (χ1) is 15.7. The number of anilines is 3. The molecule has 4 rings (SSSR count). The zero-order valence-electron chi connectivity index (χ0n) is 18.5. The van der Waals surface area contributed by atoms with Crippen LogP contribution >= 0.6 is 0 Å². The zero-order chi connectivity index (χ0) is 22.3. The number of hydrogen-bond donors (Lipinski definition) is 3. The molecule has 1 fully saturated rings. The molecule has 0 bridgehead atoms. The number of ether oxygens (including phenoxy) is 1. The van der Waals surface area contributed by atoms with E-state index in [2.05, 4.69) is 25.6 Å². The fourth-order valence-corrected chi connectivity index (χ4v) is 4.01. The van der Waals surface area contributed by atoms with Crippen molar-refractivity contribution in [2.45, 2.75) is 38.1 Å². The van der Waals surface area contributed by atoms with E-state index in [4.69, 9.17) is 15.5 Å². The van der Waals surface area contributed by atoms with E-state index in [-0.39, 0.29) is 0 Å². The van der Waals surface area contributed by atoms with Gasteiger partial charge in [0, 0.05) is 48.9 Å². The summed E-state index contributed by atoms with van der Waals surface area (Å²) in [6, 6.07) is 8.14. The first-order valence-electron chi connectivity index (χ1n) is 10.9. The van der Waals surface area contributed by atoms with Crippen molar-refractivity contribution in [3.05, 3.63) is 48.4 Å². The van der Waals surface area contributed by atoms with Gasteiger partial charge < -0.3 is 21.1 Å². The quantitative estimate of drug-likeness (QED) is 0.472. The van der Waals surface area contributed by atoms with Gasteiger partial charge in [0.2, 0.25) is 5.95 Å². The average molecular weight is 432 g/mol. The SMILES string of the molecule is CN=CC(=CN)c1ccc(Nc2ncc3ccnc(NC4CCCCC4)c3n2)c(OC)c1. The van der Waals surface area contributed by atoms with E-state index >= 15 is 0 Å². The number of pyridine rings is 1. The van der Waals surface area contributed by atoms with Gasteiger partial charge in [-0.3, -0.25) is 4.99 Å². The van der Waals surface area contributed by atoms with Crippen molar-refractivity contribution >= 4 is 40.1 Å². The van der Waals surface area contributed by atoms with Crippen LogP contribution in [0.25, 0.3) is 16.5 Å². The predicted octanol–water partition coefficient (Wildman–Crippen LogP) is 4.52. The Kier molecular flexibility index (Phi) is 6.79. The van der Waals surface area contributed by atoms with Gasteiger partial charge in [0.05, 0.1) is 12.8 Å².